The van der Waals surface area contributed by atoms with Gasteiger partial charge in [0.05, 0.1) is 11.7 Å². The Kier molecular flexibility index (Phi) is 4.28. The van der Waals surface area contributed by atoms with E-state index in [1.807, 2.05) is 25.7 Å². The maximum Gasteiger partial charge on any atom is 0.410 e. The number of hydrogen-bond acceptors (Lipinski definition) is 3. The smallest absolute Gasteiger partial charge is 0.410 e. The number of aromatic nitrogens is 2. The van der Waals surface area contributed by atoms with Crippen molar-refractivity contribution in [3.05, 3.63) is 35.3 Å². The van der Waals surface area contributed by atoms with Crippen LogP contribution in [-0.4, -0.2) is 32.5 Å². The summed E-state index contributed by atoms with van der Waals surface area (Å²) in [6.45, 7) is 10.6. The molecule has 0 aromatic carbocycles. The Morgan fingerprint density at radius 2 is 2.00 bits per heavy atom. The van der Waals surface area contributed by atoms with Crippen molar-refractivity contribution < 1.29 is 9.53 Å². The van der Waals surface area contributed by atoms with Crippen LogP contribution in [0.4, 0.5) is 4.79 Å². The van der Waals surface area contributed by atoms with Gasteiger partial charge in [-0.2, -0.15) is 0 Å². The maximum atomic E-state index is 12.6. The Morgan fingerprint density at radius 3 is 2.71 bits per heavy atom. The molecule has 5 nitrogen and oxygen atoms in total. The fraction of sp³-hybridized carbons (Fsp3) is 0.579. The number of imidazole rings is 1. The lowest BCUT2D eigenvalue weighted by atomic mass is 10.0. The second-order valence-electron chi connectivity index (χ2n) is 7.75. The van der Waals surface area contributed by atoms with E-state index in [-0.39, 0.29) is 12.1 Å². The molecular weight excluding hydrogens is 302 g/mol. The maximum absolute atomic E-state index is 12.6. The lowest BCUT2D eigenvalue weighted by Gasteiger charge is -2.35. The third-order valence-electron chi connectivity index (χ3n) is 4.40. The van der Waals surface area contributed by atoms with Crippen LogP contribution in [-0.2, 0) is 4.74 Å². The van der Waals surface area contributed by atoms with Gasteiger partial charge in [-0.1, -0.05) is 0 Å². The topological polar surface area (TPSA) is 46.8 Å². The predicted molar refractivity (Wildman–Crippen MR) is 94.2 cm³/mol. The Balaban J connectivity index is 1.93. The SMILES string of the molecule is Cc1cc(C)n2cc(C3CCCCN3C(=O)OC(C)(C)C)nc2c1. The molecule has 1 aliphatic rings. The third kappa shape index (κ3) is 3.40. The van der Waals surface area contributed by atoms with Gasteiger partial charge < -0.3 is 9.14 Å². The summed E-state index contributed by atoms with van der Waals surface area (Å²) in [4.78, 5) is 19.2. The third-order valence-corrected chi connectivity index (χ3v) is 4.40. The zero-order chi connectivity index (χ0) is 17.5. The van der Waals surface area contributed by atoms with E-state index < -0.39 is 5.60 Å². The van der Waals surface area contributed by atoms with Crippen LogP contribution >= 0.6 is 0 Å². The van der Waals surface area contributed by atoms with Crippen molar-refractivity contribution in [2.24, 2.45) is 0 Å². The number of fused-ring (bicyclic) bond motifs is 1. The Bertz CT molecular complexity index is 758. The number of carbonyl (C=O) groups is 1. The summed E-state index contributed by atoms with van der Waals surface area (Å²) in [5, 5.41) is 0. The molecule has 0 saturated carbocycles. The molecular formula is C19H27N3O2. The fourth-order valence-corrected chi connectivity index (χ4v) is 3.38. The van der Waals surface area contributed by atoms with Crippen molar-refractivity contribution in [1.29, 1.82) is 0 Å². The largest absolute Gasteiger partial charge is 0.444 e. The number of carbonyl (C=O) groups excluding carboxylic acids is 1. The van der Waals surface area contributed by atoms with Gasteiger partial charge in [-0.05, 0) is 71.6 Å². The monoisotopic (exact) mass is 329 g/mol. The van der Waals surface area contributed by atoms with Crippen LogP contribution in [0.5, 0.6) is 0 Å². The Morgan fingerprint density at radius 1 is 1.25 bits per heavy atom. The average molecular weight is 329 g/mol. The van der Waals surface area contributed by atoms with Crippen LogP contribution in [0.15, 0.2) is 18.3 Å². The van der Waals surface area contributed by atoms with E-state index in [9.17, 15) is 4.79 Å². The first-order chi connectivity index (χ1) is 11.2. The minimum Gasteiger partial charge on any atom is -0.444 e. The van der Waals surface area contributed by atoms with Crippen molar-refractivity contribution in [1.82, 2.24) is 14.3 Å². The van der Waals surface area contributed by atoms with Crippen LogP contribution in [0.2, 0.25) is 0 Å². The molecule has 1 fully saturated rings. The highest BCUT2D eigenvalue weighted by atomic mass is 16.6. The zero-order valence-corrected chi connectivity index (χ0v) is 15.3. The number of piperidine rings is 1. The summed E-state index contributed by atoms with van der Waals surface area (Å²) in [7, 11) is 0. The highest BCUT2D eigenvalue weighted by Crippen LogP contribution is 2.32. The van der Waals surface area contributed by atoms with Crippen molar-refractivity contribution in [3.63, 3.8) is 0 Å². The van der Waals surface area contributed by atoms with Crippen LogP contribution in [0.3, 0.4) is 0 Å². The van der Waals surface area contributed by atoms with Crippen LogP contribution in [0.25, 0.3) is 5.65 Å². The minimum absolute atomic E-state index is 0.00629. The standard InChI is InChI=1S/C19H27N3O2/c1-13-10-14(2)22-12-15(20-17(22)11-13)16-8-6-7-9-21(16)18(23)24-19(3,4)5/h10-12,16H,6-9H2,1-5H3. The molecule has 1 saturated heterocycles. The van der Waals surface area contributed by atoms with E-state index in [2.05, 4.69) is 36.6 Å². The lowest BCUT2D eigenvalue weighted by Crippen LogP contribution is -2.42. The molecule has 0 N–H and O–H groups in total. The van der Waals surface area contributed by atoms with E-state index in [0.29, 0.717) is 0 Å². The average Bonchev–Trinajstić information content (AvgIpc) is 2.89. The van der Waals surface area contributed by atoms with Crippen LogP contribution in [0.1, 0.15) is 63.0 Å². The number of nitrogens with zero attached hydrogens (tertiary/aromatic N) is 3. The number of hydrogen-bond donors (Lipinski definition) is 0. The highest BCUT2D eigenvalue weighted by molar-refractivity contribution is 5.69. The fourth-order valence-electron chi connectivity index (χ4n) is 3.38. The molecule has 3 rings (SSSR count). The lowest BCUT2D eigenvalue weighted by molar-refractivity contribution is 0.00906. The number of pyridine rings is 1. The van der Waals surface area contributed by atoms with Gasteiger partial charge in [-0.3, -0.25) is 4.90 Å². The summed E-state index contributed by atoms with van der Waals surface area (Å²) in [5.74, 6) is 0. The van der Waals surface area contributed by atoms with E-state index >= 15 is 0 Å². The van der Waals surface area contributed by atoms with Gasteiger partial charge in [0.25, 0.3) is 0 Å². The molecule has 2 aromatic rings. The van der Waals surface area contributed by atoms with E-state index in [4.69, 9.17) is 9.72 Å². The van der Waals surface area contributed by atoms with Gasteiger partial charge in [-0.15, -0.1) is 0 Å². The van der Waals surface area contributed by atoms with E-state index in [0.717, 1.165) is 42.8 Å². The first kappa shape index (κ1) is 16.8. The predicted octanol–water partition coefficient (Wildman–Crippen LogP) is 4.41. The van der Waals surface area contributed by atoms with Crippen molar-refractivity contribution in [2.75, 3.05) is 6.54 Å². The summed E-state index contributed by atoms with van der Waals surface area (Å²) in [6.07, 6.45) is 4.88. The minimum atomic E-state index is -0.480. The number of ether oxygens (including phenoxy) is 1. The Labute approximate surface area is 143 Å². The second-order valence-corrected chi connectivity index (χ2v) is 7.75. The van der Waals surface area contributed by atoms with Crippen LogP contribution < -0.4 is 0 Å². The summed E-state index contributed by atoms with van der Waals surface area (Å²) >= 11 is 0. The Hall–Kier alpha value is -2.04. The summed E-state index contributed by atoms with van der Waals surface area (Å²) in [6, 6.07) is 4.22. The van der Waals surface area contributed by atoms with Crippen molar-refractivity contribution in [3.8, 4) is 0 Å². The molecule has 0 spiro atoms. The first-order valence-corrected chi connectivity index (χ1v) is 8.70. The normalized spacial score (nSPS) is 18.9. The van der Waals surface area contributed by atoms with Gasteiger partial charge in [-0.25, -0.2) is 9.78 Å². The van der Waals surface area contributed by atoms with Crippen molar-refractivity contribution in [2.45, 2.75) is 65.5 Å². The van der Waals surface area contributed by atoms with Gasteiger partial charge in [0.1, 0.15) is 11.2 Å². The summed E-state index contributed by atoms with van der Waals surface area (Å²) < 4.78 is 7.70. The molecule has 0 radical (unpaired) electrons. The number of aryl methyl sites for hydroxylation is 2. The van der Waals surface area contributed by atoms with Gasteiger partial charge in [0.2, 0.25) is 0 Å². The van der Waals surface area contributed by atoms with E-state index in [1.54, 1.807) is 0 Å². The van der Waals surface area contributed by atoms with Gasteiger partial charge in [0.15, 0.2) is 0 Å². The molecule has 5 heteroatoms. The number of rotatable bonds is 1. The van der Waals surface area contributed by atoms with Crippen molar-refractivity contribution >= 4 is 11.7 Å². The molecule has 0 bridgehead atoms. The molecule has 1 amide bonds. The van der Waals surface area contributed by atoms with Gasteiger partial charge >= 0.3 is 6.09 Å². The molecule has 0 aliphatic carbocycles. The molecule has 1 aliphatic heterocycles. The quantitative estimate of drug-likeness (QED) is 0.778. The van der Waals surface area contributed by atoms with E-state index in [1.165, 1.54) is 5.56 Å². The highest BCUT2D eigenvalue weighted by Gasteiger charge is 2.32. The molecule has 3 heterocycles. The molecule has 1 atom stereocenters. The molecule has 1 unspecified atom stereocenters. The second kappa shape index (κ2) is 6.11. The molecule has 2 aromatic heterocycles. The van der Waals surface area contributed by atoms with Crippen LogP contribution in [0, 0.1) is 13.8 Å². The zero-order valence-electron chi connectivity index (χ0n) is 15.3. The number of amides is 1. The molecule has 24 heavy (non-hydrogen) atoms. The summed E-state index contributed by atoms with van der Waals surface area (Å²) in [5.41, 5.74) is 3.77. The first-order valence-electron chi connectivity index (χ1n) is 8.70. The molecule has 130 valence electrons. The van der Waals surface area contributed by atoms with Gasteiger partial charge in [0, 0.05) is 18.4 Å². The number of likely N-dealkylation sites (tertiary alicyclic amines) is 1.